The number of nitrogens with one attached hydrogen (secondary N) is 1. The Kier molecular flexibility index (Phi) is 5.86. The molecule has 0 aliphatic rings. The van der Waals surface area contributed by atoms with E-state index in [0.29, 0.717) is 17.4 Å². The van der Waals surface area contributed by atoms with Crippen LogP contribution in [0.25, 0.3) is 0 Å². The monoisotopic (exact) mass is 380 g/mol. The van der Waals surface area contributed by atoms with Crippen LogP contribution in [-0.4, -0.2) is 30.2 Å². The first-order valence-electron chi connectivity index (χ1n) is 8.91. The minimum Gasteiger partial charge on any atom is -0.361 e. The maximum absolute atomic E-state index is 12.8. The topological polar surface area (TPSA) is 58.1 Å². The largest absolute Gasteiger partial charge is 0.361 e. The fourth-order valence-corrected chi connectivity index (χ4v) is 3.54. The van der Waals surface area contributed by atoms with Gasteiger partial charge < -0.3 is 10.2 Å². The molecule has 1 unspecified atom stereocenters. The number of aromatic nitrogens is 2. The highest BCUT2D eigenvalue weighted by atomic mass is 32.1. The van der Waals surface area contributed by atoms with Gasteiger partial charge >= 0.3 is 0 Å². The number of hydrogen-bond donors (Lipinski definition) is 1. The normalized spacial score (nSPS) is 12.0. The van der Waals surface area contributed by atoms with Crippen LogP contribution < -0.4 is 10.2 Å². The molecule has 140 valence electrons. The Labute approximate surface area is 164 Å². The lowest BCUT2D eigenvalue weighted by molar-refractivity contribution is 0.0937. The fourth-order valence-electron chi connectivity index (χ4n) is 2.74. The van der Waals surface area contributed by atoms with Crippen molar-refractivity contribution in [1.82, 2.24) is 15.5 Å². The van der Waals surface area contributed by atoms with Crippen molar-refractivity contribution in [2.24, 2.45) is 0 Å². The molecule has 1 N–H and O–H groups in total. The predicted molar refractivity (Wildman–Crippen MR) is 111 cm³/mol. The average molecular weight is 381 g/mol. The Balaban J connectivity index is 1.85. The molecule has 27 heavy (non-hydrogen) atoms. The summed E-state index contributed by atoms with van der Waals surface area (Å²) in [6.45, 7) is 4.34. The first-order chi connectivity index (χ1) is 13.0. The standard InChI is InChI=1S/C21H24N4OS/c1-14(2)15-7-9-16(10-8-15)20(18-6-5-13-27-18)22-21(26)17-11-12-19(24-23-17)25(3)4/h5-14,20H,1-4H3,(H,22,26). The Hall–Kier alpha value is -2.73. The molecule has 1 aromatic carbocycles. The van der Waals surface area contributed by atoms with Crippen molar-refractivity contribution in [3.05, 3.63) is 75.6 Å². The van der Waals surface area contributed by atoms with E-state index in [0.717, 1.165) is 10.4 Å². The minimum atomic E-state index is -0.237. The molecule has 0 saturated heterocycles. The minimum absolute atomic E-state index is 0.214. The molecule has 3 aromatic rings. The summed E-state index contributed by atoms with van der Waals surface area (Å²) >= 11 is 1.62. The van der Waals surface area contributed by atoms with E-state index >= 15 is 0 Å². The van der Waals surface area contributed by atoms with Gasteiger partial charge in [-0.2, -0.15) is 0 Å². The van der Waals surface area contributed by atoms with Gasteiger partial charge in [-0.3, -0.25) is 4.79 Å². The quantitative estimate of drug-likeness (QED) is 0.695. The van der Waals surface area contributed by atoms with Crippen LogP contribution in [0.3, 0.4) is 0 Å². The van der Waals surface area contributed by atoms with E-state index in [1.54, 1.807) is 23.5 Å². The van der Waals surface area contributed by atoms with Crippen molar-refractivity contribution in [2.75, 3.05) is 19.0 Å². The molecular weight excluding hydrogens is 356 g/mol. The second-order valence-electron chi connectivity index (χ2n) is 6.91. The lowest BCUT2D eigenvalue weighted by atomic mass is 9.98. The lowest BCUT2D eigenvalue weighted by Gasteiger charge is -2.19. The molecule has 0 radical (unpaired) electrons. The van der Waals surface area contributed by atoms with Gasteiger partial charge in [-0.1, -0.05) is 44.2 Å². The summed E-state index contributed by atoms with van der Waals surface area (Å²) in [6, 6.07) is 15.7. The summed E-state index contributed by atoms with van der Waals surface area (Å²) in [5.41, 5.74) is 2.63. The van der Waals surface area contributed by atoms with Gasteiger partial charge in [0.25, 0.3) is 5.91 Å². The molecule has 0 aliphatic carbocycles. The van der Waals surface area contributed by atoms with Crippen molar-refractivity contribution in [3.63, 3.8) is 0 Å². The van der Waals surface area contributed by atoms with Gasteiger partial charge in [0.15, 0.2) is 11.5 Å². The fraction of sp³-hybridized carbons (Fsp3) is 0.286. The number of benzene rings is 1. The zero-order chi connectivity index (χ0) is 19.4. The first-order valence-corrected chi connectivity index (χ1v) is 9.79. The molecule has 0 aliphatic heterocycles. The number of nitrogens with zero attached hydrogens (tertiary/aromatic N) is 3. The van der Waals surface area contributed by atoms with Crippen molar-refractivity contribution >= 4 is 23.1 Å². The third-order valence-electron chi connectivity index (χ3n) is 4.38. The van der Waals surface area contributed by atoms with Gasteiger partial charge in [0.05, 0.1) is 6.04 Å². The molecule has 0 saturated carbocycles. The number of carbonyl (C=O) groups excluding carboxylic acids is 1. The van der Waals surface area contributed by atoms with E-state index in [1.807, 2.05) is 36.5 Å². The van der Waals surface area contributed by atoms with Gasteiger partial charge in [0.2, 0.25) is 0 Å². The highest BCUT2D eigenvalue weighted by Gasteiger charge is 2.20. The van der Waals surface area contributed by atoms with Crippen LogP contribution in [0.15, 0.2) is 53.9 Å². The summed E-state index contributed by atoms with van der Waals surface area (Å²) < 4.78 is 0. The number of hydrogen-bond acceptors (Lipinski definition) is 5. The van der Waals surface area contributed by atoms with Crippen LogP contribution in [0.1, 0.15) is 52.3 Å². The van der Waals surface area contributed by atoms with E-state index < -0.39 is 0 Å². The molecule has 0 spiro atoms. The Bertz CT molecular complexity index is 872. The van der Waals surface area contributed by atoms with Gasteiger partial charge in [-0.25, -0.2) is 0 Å². The van der Waals surface area contributed by atoms with E-state index in [-0.39, 0.29) is 11.9 Å². The summed E-state index contributed by atoms with van der Waals surface area (Å²) in [5.74, 6) is 0.948. The van der Waals surface area contributed by atoms with Gasteiger partial charge in [0.1, 0.15) is 0 Å². The summed E-state index contributed by atoms with van der Waals surface area (Å²) in [6.07, 6.45) is 0. The van der Waals surface area contributed by atoms with Crippen molar-refractivity contribution in [2.45, 2.75) is 25.8 Å². The first kappa shape index (κ1) is 19.0. The molecule has 0 bridgehead atoms. The maximum Gasteiger partial charge on any atom is 0.272 e. The summed E-state index contributed by atoms with van der Waals surface area (Å²) in [4.78, 5) is 15.7. The Morgan fingerprint density at radius 1 is 1.00 bits per heavy atom. The highest BCUT2D eigenvalue weighted by Crippen LogP contribution is 2.27. The lowest BCUT2D eigenvalue weighted by Crippen LogP contribution is -2.30. The molecule has 1 amide bonds. The number of carbonyl (C=O) groups is 1. The van der Waals surface area contributed by atoms with Gasteiger partial charge in [-0.15, -0.1) is 21.5 Å². The van der Waals surface area contributed by atoms with Crippen molar-refractivity contribution < 1.29 is 4.79 Å². The van der Waals surface area contributed by atoms with E-state index in [9.17, 15) is 4.79 Å². The van der Waals surface area contributed by atoms with E-state index in [1.165, 1.54) is 5.56 Å². The summed E-state index contributed by atoms with van der Waals surface area (Å²) in [5, 5.41) is 13.3. The van der Waals surface area contributed by atoms with Crippen molar-refractivity contribution in [1.29, 1.82) is 0 Å². The number of rotatable bonds is 6. The molecule has 0 fully saturated rings. The van der Waals surface area contributed by atoms with Crippen LogP contribution in [0, 0.1) is 0 Å². The van der Waals surface area contributed by atoms with Gasteiger partial charge in [-0.05, 0) is 40.6 Å². The van der Waals surface area contributed by atoms with E-state index in [2.05, 4.69) is 53.6 Å². The average Bonchev–Trinajstić information content (AvgIpc) is 3.20. The third-order valence-corrected chi connectivity index (χ3v) is 5.32. The van der Waals surface area contributed by atoms with Crippen LogP contribution in [0.2, 0.25) is 0 Å². The second-order valence-corrected chi connectivity index (χ2v) is 7.89. The number of thiophene rings is 1. The maximum atomic E-state index is 12.8. The molecule has 5 nitrogen and oxygen atoms in total. The Morgan fingerprint density at radius 3 is 2.22 bits per heavy atom. The highest BCUT2D eigenvalue weighted by molar-refractivity contribution is 7.10. The third kappa shape index (κ3) is 4.52. The van der Waals surface area contributed by atoms with Crippen LogP contribution >= 0.6 is 11.3 Å². The van der Waals surface area contributed by atoms with E-state index in [4.69, 9.17) is 0 Å². The van der Waals surface area contributed by atoms with Crippen LogP contribution in [0.4, 0.5) is 5.82 Å². The molecule has 3 rings (SSSR count). The number of amides is 1. The second kappa shape index (κ2) is 8.31. The molecular formula is C21H24N4OS. The number of anilines is 1. The van der Waals surface area contributed by atoms with Crippen LogP contribution in [-0.2, 0) is 0 Å². The van der Waals surface area contributed by atoms with Crippen LogP contribution in [0.5, 0.6) is 0 Å². The summed E-state index contributed by atoms with van der Waals surface area (Å²) in [7, 11) is 3.77. The zero-order valence-electron chi connectivity index (χ0n) is 16.0. The van der Waals surface area contributed by atoms with Gasteiger partial charge in [0, 0.05) is 19.0 Å². The Morgan fingerprint density at radius 2 is 1.70 bits per heavy atom. The molecule has 2 heterocycles. The molecule has 2 aromatic heterocycles. The SMILES string of the molecule is CC(C)c1ccc(C(NC(=O)c2ccc(N(C)C)nn2)c2cccs2)cc1. The zero-order valence-corrected chi connectivity index (χ0v) is 16.8. The predicted octanol–water partition coefficient (Wildman–Crippen LogP) is 4.25. The smallest absolute Gasteiger partial charge is 0.272 e. The molecule has 6 heteroatoms. The molecule has 1 atom stereocenters. The van der Waals surface area contributed by atoms with Crippen molar-refractivity contribution in [3.8, 4) is 0 Å².